The molecule has 1 aliphatic heterocycles. The van der Waals surface area contributed by atoms with Crippen molar-refractivity contribution in [1.82, 2.24) is 9.55 Å². The van der Waals surface area contributed by atoms with Crippen molar-refractivity contribution in [3.8, 4) is 11.5 Å². The van der Waals surface area contributed by atoms with Gasteiger partial charge < -0.3 is 28.7 Å². The van der Waals surface area contributed by atoms with Gasteiger partial charge in [0.1, 0.15) is 17.7 Å². The second kappa shape index (κ2) is 29.8. The Kier molecular flexibility index (Phi) is 24.7. The van der Waals surface area contributed by atoms with Crippen LogP contribution in [0.3, 0.4) is 0 Å². The zero-order chi connectivity index (χ0) is 51.0. The highest BCUT2D eigenvalue weighted by Gasteiger charge is 2.45. The van der Waals surface area contributed by atoms with E-state index in [-0.39, 0.29) is 47.6 Å². The maximum absolute atomic E-state index is 14.0. The number of carbonyl (C=O) groups excluding carboxylic acids is 2. The monoisotopic (exact) mass is 1040 g/mol. The predicted molar refractivity (Wildman–Crippen MR) is 254 cm³/mol. The minimum atomic E-state index is -5.91. The molecule has 1 aliphatic rings. The minimum Gasteiger partial charge on any atom is -0.434 e. The van der Waals surface area contributed by atoms with Gasteiger partial charge in [-0.2, -0.15) is 8.62 Å². The summed E-state index contributed by atoms with van der Waals surface area (Å²) in [6.07, 6.45) is 14.6. The number of aromatic nitrogens is 2. The van der Waals surface area contributed by atoms with Crippen LogP contribution >= 0.6 is 23.5 Å². The van der Waals surface area contributed by atoms with Crippen LogP contribution in [0.15, 0.2) is 69.4 Å². The highest BCUT2D eigenvalue weighted by Crippen LogP contribution is 2.69. The van der Waals surface area contributed by atoms with E-state index in [1.807, 2.05) is 0 Å². The van der Waals surface area contributed by atoms with E-state index in [0.717, 1.165) is 23.8 Å². The van der Waals surface area contributed by atoms with Crippen LogP contribution in [0.2, 0.25) is 0 Å². The van der Waals surface area contributed by atoms with Gasteiger partial charge in [0.05, 0.1) is 38.6 Å². The van der Waals surface area contributed by atoms with Crippen molar-refractivity contribution in [2.45, 2.75) is 155 Å². The molecule has 6 atom stereocenters. The molecule has 3 N–H and O–H groups in total. The molecule has 0 saturated carbocycles. The molecule has 3 aromatic rings. The third-order valence-corrected chi connectivity index (χ3v) is 15.4. The number of rotatable bonds is 33. The molecular formula is C44H64N5O18P3. The van der Waals surface area contributed by atoms with E-state index in [1.54, 1.807) is 6.92 Å². The van der Waals surface area contributed by atoms with Gasteiger partial charge in [0.25, 0.3) is 5.56 Å². The summed E-state index contributed by atoms with van der Waals surface area (Å²) in [6.45, 7) is 3.35. The van der Waals surface area contributed by atoms with Gasteiger partial charge in [-0.25, -0.2) is 23.3 Å². The van der Waals surface area contributed by atoms with E-state index in [2.05, 4.69) is 26.2 Å². The van der Waals surface area contributed by atoms with Crippen LogP contribution < -0.4 is 20.7 Å². The fourth-order valence-corrected chi connectivity index (χ4v) is 11.0. The van der Waals surface area contributed by atoms with Gasteiger partial charge in [-0.15, -0.1) is 0 Å². The van der Waals surface area contributed by atoms with Crippen molar-refractivity contribution in [3.63, 3.8) is 0 Å². The Morgan fingerprint density at radius 1 is 0.771 bits per heavy atom. The molecule has 2 heterocycles. The summed E-state index contributed by atoms with van der Waals surface area (Å²) >= 11 is 0. The third kappa shape index (κ3) is 21.5. The van der Waals surface area contributed by atoms with E-state index >= 15 is 0 Å². The third-order valence-electron chi connectivity index (χ3n) is 10.7. The summed E-state index contributed by atoms with van der Waals surface area (Å²) in [5.74, 6) is -0.203. The molecular weight excluding hydrogens is 979 g/mol. The standard InChI is InChI=1S/C44H64N5O18P3/c1-4-6-7-8-9-10-11-12-13-14-15-16-17-18-27-59-44(53)64-37-25-21-35(22-26-37)31-62-70(58,61-30-34-19-23-36(24-20-34)63-41(50)5-2)67-69(56,57)66-68(54,55)60-32-39-38(47-48-45)28-40(65-39)49-29-33(3)42(51)46-43(49)52/h19-26,29,38-40H,4-18,27-28,30-32H2,1-3H3,(H,54,55)(H,56,57)(H,46,51,52)/t38?,39-,40-,70?/m1/s1. The average molecular weight is 1040 g/mol. The number of ether oxygens (including phenoxy) is 4. The van der Waals surface area contributed by atoms with Crippen LogP contribution in [0.1, 0.15) is 139 Å². The number of carbonyl (C=O) groups is 2. The van der Waals surface area contributed by atoms with Gasteiger partial charge in [-0.05, 0) is 54.3 Å². The van der Waals surface area contributed by atoms with Crippen LogP contribution in [0, 0.1) is 6.92 Å². The number of azide groups is 1. The number of phosphoric acid groups is 3. The number of phosphoric ester groups is 2. The van der Waals surface area contributed by atoms with Crippen LogP contribution in [0.5, 0.6) is 11.5 Å². The Bertz CT molecular complexity index is 2430. The summed E-state index contributed by atoms with van der Waals surface area (Å²) in [7, 11) is -16.8. The van der Waals surface area contributed by atoms with Gasteiger partial charge in [0.2, 0.25) is 0 Å². The molecule has 1 fully saturated rings. The Balaban J connectivity index is 1.29. The SMILES string of the molecule is CCCCCCCCCCCCCCCCOC(=O)Oc1ccc(COP(=O)(OCc2ccc(OC(=O)CC)cc2)OP(=O)(O)OP(=O)(O)OC[C@H]2O[C@@H](n3cc(C)c(=O)[nH]c3=O)CC2N=[N+]=[N-])cc1. The van der Waals surface area contributed by atoms with Gasteiger partial charge in [0, 0.05) is 29.5 Å². The fraction of sp³-hybridized carbons (Fsp3) is 0.591. The molecule has 0 radical (unpaired) electrons. The molecule has 0 amide bonds. The first-order valence-corrected chi connectivity index (χ1v) is 27.8. The number of nitrogens with zero attached hydrogens (tertiary/aromatic N) is 4. The molecule has 4 rings (SSSR count). The van der Waals surface area contributed by atoms with E-state index < -0.39 is 85.0 Å². The number of nitrogens with one attached hydrogen (secondary N) is 1. The highest BCUT2D eigenvalue weighted by molar-refractivity contribution is 7.67. The number of unbranched alkanes of at least 4 members (excludes halogenated alkanes) is 13. The van der Waals surface area contributed by atoms with E-state index in [4.69, 9.17) is 42.4 Å². The van der Waals surface area contributed by atoms with E-state index in [0.29, 0.717) is 6.42 Å². The van der Waals surface area contributed by atoms with Crippen LogP contribution in [-0.2, 0) is 63.4 Å². The first kappa shape index (κ1) is 58.1. The van der Waals surface area contributed by atoms with Crippen LogP contribution in [0.4, 0.5) is 4.79 Å². The van der Waals surface area contributed by atoms with Gasteiger partial charge >= 0.3 is 41.3 Å². The largest absolute Gasteiger partial charge is 0.513 e. The second-order valence-electron chi connectivity index (χ2n) is 16.4. The first-order chi connectivity index (χ1) is 33.4. The maximum atomic E-state index is 14.0. The molecule has 26 heteroatoms. The molecule has 2 aromatic carbocycles. The van der Waals surface area contributed by atoms with Crippen molar-refractivity contribution < 1.29 is 74.2 Å². The predicted octanol–water partition coefficient (Wildman–Crippen LogP) is 10.9. The molecule has 388 valence electrons. The Morgan fingerprint density at radius 2 is 1.30 bits per heavy atom. The van der Waals surface area contributed by atoms with Gasteiger partial charge in [-0.1, -0.05) is 127 Å². The van der Waals surface area contributed by atoms with Gasteiger partial charge in [-0.3, -0.25) is 32.7 Å². The summed E-state index contributed by atoms with van der Waals surface area (Å²) in [5, 5.41) is 3.57. The smallest absolute Gasteiger partial charge is 0.434 e. The number of aryl methyl sites for hydroxylation is 1. The van der Waals surface area contributed by atoms with Crippen molar-refractivity contribution in [2.24, 2.45) is 5.11 Å². The Hall–Kier alpha value is -4.46. The van der Waals surface area contributed by atoms with Crippen LogP contribution in [-0.4, -0.2) is 56.8 Å². The first-order valence-electron chi connectivity index (χ1n) is 23.3. The summed E-state index contributed by atoms with van der Waals surface area (Å²) < 4.78 is 87.3. The topological polar surface area (TPSA) is 312 Å². The number of benzene rings is 2. The second-order valence-corrected chi connectivity index (χ2v) is 21.3. The number of hydrogen-bond acceptors (Lipinski definition) is 17. The minimum absolute atomic E-state index is 0.107. The van der Waals surface area contributed by atoms with E-state index in [1.165, 1.54) is 126 Å². The van der Waals surface area contributed by atoms with Crippen LogP contribution in [0.25, 0.3) is 10.4 Å². The molecule has 23 nitrogen and oxygen atoms in total. The van der Waals surface area contributed by atoms with Crippen molar-refractivity contribution >= 4 is 35.6 Å². The number of H-pyrrole nitrogens is 1. The zero-order valence-electron chi connectivity index (χ0n) is 39.6. The molecule has 0 spiro atoms. The quantitative estimate of drug-likeness (QED) is 0.00746. The lowest BCUT2D eigenvalue weighted by Gasteiger charge is -2.22. The Labute approximate surface area is 405 Å². The number of aromatic amines is 1. The normalized spacial score (nSPS) is 18.2. The summed E-state index contributed by atoms with van der Waals surface area (Å²) in [6, 6.07) is 10.1. The maximum Gasteiger partial charge on any atom is 0.513 e. The van der Waals surface area contributed by atoms with Crippen molar-refractivity contribution in [1.29, 1.82) is 0 Å². The fourth-order valence-electron chi connectivity index (χ4n) is 6.97. The lowest BCUT2D eigenvalue weighted by molar-refractivity contribution is -0.134. The molecule has 4 unspecified atom stereocenters. The van der Waals surface area contributed by atoms with Crippen molar-refractivity contribution in [3.05, 3.63) is 103 Å². The highest BCUT2D eigenvalue weighted by atomic mass is 31.3. The lowest BCUT2D eigenvalue weighted by atomic mass is 10.0. The number of hydrogen-bond donors (Lipinski definition) is 3. The molecule has 0 bridgehead atoms. The summed E-state index contributed by atoms with van der Waals surface area (Å²) in [4.78, 5) is 74.2. The molecule has 1 aromatic heterocycles. The van der Waals surface area contributed by atoms with Gasteiger partial charge in [0.15, 0.2) is 0 Å². The van der Waals surface area contributed by atoms with Crippen molar-refractivity contribution in [2.75, 3.05) is 13.2 Å². The van der Waals surface area contributed by atoms with E-state index in [9.17, 15) is 42.7 Å². The number of esters is 1. The molecule has 70 heavy (non-hydrogen) atoms. The lowest BCUT2D eigenvalue weighted by Crippen LogP contribution is -2.33. The zero-order valence-corrected chi connectivity index (χ0v) is 42.3. The molecule has 0 aliphatic carbocycles. The average Bonchev–Trinajstić information content (AvgIpc) is 3.72. The Morgan fingerprint density at radius 3 is 1.83 bits per heavy atom. The summed E-state index contributed by atoms with van der Waals surface area (Å²) in [5.41, 5.74) is 8.30. The molecule has 1 saturated heterocycles.